The highest BCUT2D eigenvalue weighted by molar-refractivity contribution is 6.04. The van der Waals surface area contributed by atoms with Crippen molar-refractivity contribution in [2.75, 3.05) is 0 Å². The van der Waals surface area contributed by atoms with Crippen molar-refractivity contribution >= 4 is 21.9 Å². The van der Waals surface area contributed by atoms with Gasteiger partial charge in [-0.05, 0) is 54.6 Å². The molecule has 0 aliphatic heterocycles. The number of rotatable bonds is 3. The van der Waals surface area contributed by atoms with Crippen molar-refractivity contribution in [1.29, 1.82) is 0 Å². The quantitative estimate of drug-likeness (QED) is 0.165. The fourth-order valence-electron chi connectivity index (χ4n) is 4.63. The summed E-state index contributed by atoms with van der Waals surface area (Å²) in [5.74, 6) is -2.77. The minimum absolute atomic E-state index is 0.0157. The van der Waals surface area contributed by atoms with E-state index in [1.165, 1.54) is 48.5 Å². The van der Waals surface area contributed by atoms with E-state index in [9.17, 15) is 40.2 Å². The van der Waals surface area contributed by atoms with E-state index in [1.807, 2.05) is 0 Å². The van der Waals surface area contributed by atoms with Gasteiger partial charge < -0.3 is 39.5 Å². The first-order valence-corrected chi connectivity index (χ1v) is 11.8. The first kappa shape index (κ1) is 24.4. The molecule has 6 aromatic rings. The molecule has 6 rings (SSSR count). The van der Waals surface area contributed by atoms with Crippen LogP contribution >= 0.6 is 0 Å². The van der Waals surface area contributed by atoms with Crippen LogP contribution in [0.4, 0.5) is 0 Å². The van der Waals surface area contributed by atoms with Crippen LogP contribution in [0.1, 0.15) is 0 Å². The topological polar surface area (TPSA) is 182 Å². The Balaban J connectivity index is 1.71. The summed E-state index contributed by atoms with van der Waals surface area (Å²) < 4.78 is 11.9. The van der Waals surface area contributed by atoms with Crippen LogP contribution in [-0.2, 0) is 0 Å². The Morgan fingerprint density at radius 3 is 2.00 bits per heavy atom. The van der Waals surface area contributed by atoms with Gasteiger partial charge in [0.1, 0.15) is 45.5 Å². The Bertz CT molecular complexity index is 2100. The van der Waals surface area contributed by atoms with Crippen LogP contribution < -0.4 is 10.9 Å². The molecular weight excluding hydrogens is 520 g/mol. The van der Waals surface area contributed by atoms with Crippen molar-refractivity contribution < 1.29 is 39.5 Å². The highest BCUT2D eigenvalue weighted by atomic mass is 16.3. The molecule has 40 heavy (non-hydrogen) atoms. The molecule has 0 unspecified atom stereocenters. The highest BCUT2D eigenvalue weighted by Gasteiger charge is 2.27. The second-order valence-electron chi connectivity index (χ2n) is 9.03. The van der Waals surface area contributed by atoms with Crippen LogP contribution in [-0.4, -0.2) is 30.6 Å². The molecule has 2 aromatic heterocycles. The predicted octanol–water partition coefficient (Wildman–Crippen LogP) is 5.13. The Labute approximate surface area is 223 Å². The molecule has 0 aliphatic rings. The molecule has 10 heteroatoms. The molecule has 0 radical (unpaired) electrons. The van der Waals surface area contributed by atoms with Crippen molar-refractivity contribution in [1.82, 2.24) is 0 Å². The Hall–Kier alpha value is -5.90. The van der Waals surface area contributed by atoms with Gasteiger partial charge in [-0.2, -0.15) is 0 Å². The zero-order chi connectivity index (χ0) is 28.3. The van der Waals surface area contributed by atoms with Gasteiger partial charge in [0.25, 0.3) is 0 Å². The lowest BCUT2D eigenvalue weighted by Crippen LogP contribution is -2.03. The van der Waals surface area contributed by atoms with Crippen molar-refractivity contribution in [2.45, 2.75) is 0 Å². The van der Waals surface area contributed by atoms with Crippen molar-refractivity contribution in [3.63, 3.8) is 0 Å². The maximum Gasteiger partial charge on any atom is 0.197 e. The molecule has 10 nitrogen and oxygen atoms in total. The van der Waals surface area contributed by atoms with Gasteiger partial charge in [-0.3, -0.25) is 9.59 Å². The van der Waals surface area contributed by atoms with E-state index in [0.717, 1.165) is 24.3 Å². The van der Waals surface area contributed by atoms with Gasteiger partial charge in [-0.1, -0.05) is 0 Å². The standard InChI is InChI=1S/C30H18O10/c31-14-3-1-13(2-4-14)24-12-22(37)27-20(35)10-21(36)28(30(27)40-24)26-16(6-7-18(33)29(26)38)25-11-19(34)17-9-15(32)5-8-23(17)39-25/h1-12,31-33,35-36,38H. The first-order chi connectivity index (χ1) is 19.1. The number of fused-ring (bicyclic) bond motifs is 2. The van der Waals surface area contributed by atoms with Crippen LogP contribution in [0.25, 0.3) is 55.7 Å². The summed E-state index contributed by atoms with van der Waals surface area (Å²) in [6.45, 7) is 0. The molecule has 0 saturated heterocycles. The maximum atomic E-state index is 13.1. The number of hydrogen-bond donors (Lipinski definition) is 6. The minimum Gasteiger partial charge on any atom is -0.508 e. The Morgan fingerprint density at radius 2 is 1.25 bits per heavy atom. The molecule has 198 valence electrons. The number of benzene rings is 4. The smallest absolute Gasteiger partial charge is 0.197 e. The second kappa shape index (κ2) is 8.84. The normalized spacial score (nSPS) is 11.3. The fourth-order valence-corrected chi connectivity index (χ4v) is 4.63. The molecular formula is C30H18O10. The zero-order valence-electron chi connectivity index (χ0n) is 20.2. The molecule has 0 spiro atoms. The van der Waals surface area contributed by atoms with Gasteiger partial charge in [-0.15, -0.1) is 0 Å². The summed E-state index contributed by atoms with van der Waals surface area (Å²) in [7, 11) is 0. The van der Waals surface area contributed by atoms with E-state index in [2.05, 4.69) is 0 Å². The van der Waals surface area contributed by atoms with Gasteiger partial charge in [0, 0.05) is 34.9 Å². The highest BCUT2D eigenvalue weighted by Crippen LogP contribution is 2.50. The van der Waals surface area contributed by atoms with E-state index in [0.29, 0.717) is 5.56 Å². The van der Waals surface area contributed by atoms with Crippen LogP contribution in [0.5, 0.6) is 34.5 Å². The monoisotopic (exact) mass is 538 g/mol. The Morgan fingerprint density at radius 1 is 0.550 bits per heavy atom. The van der Waals surface area contributed by atoms with Gasteiger partial charge in [-0.25, -0.2) is 0 Å². The molecule has 6 N–H and O–H groups in total. The van der Waals surface area contributed by atoms with Gasteiger partial charge in [0.05, 0.1) is 10.9 Å². The lowest BCUT2D eigenvalue weighted by atomic mass is 9.93. The fraction of sp³-hybridized carbons (Fsp3) is 0. The number of aromatic hydroxyl groups is 6. The van der Waals surface area contributed by atoms with Gasteiger partial charge >= 0.3 is 0 Å². The van der Waals surface area contributed by atoms with Crippen LogP contribution in [0.15, 0.2) is 91.2 Å². The third-order valence-electron chi connectivity index (χ3n) is 6.50. The maximum absolute atomic E-state index is 13.1. The molecule has 0 saturated carbocycles. The molecule has 2 heterocycles. The summed E-state index contributed by atoms with van der Waals surface area (Å²) in [5.41, 5.74) is -1.54. The minimum atomic E-state index is -0.731. The van der Waals surface area contributed by atoms with E-state index in [1.54, 1.807) is 0 Å². The first-order valence-electron chi connectivity index (χ1n) is 11.8. The number of hydrogen-bond acceptors (Lipinski definition) is 10. The second-order valence-corrected chi connectivity index (χ2v) is 9.03. The van der Waals surface area contributed by atoms with Crippen LogP contribution in [0.3, 0.4) is 0 Å². The zero-order valence-corrected chi connectivity index (χ0v) is 20.2. The van der Waals surface area contributed by atoms with Gasteiger partial charge in [0.15, 0.2) is 27.9 Å². The summed E-state index contributed by atoms with van der Waals surface area (Å²) >= 11 is 0. The van der Waals surface area contributed by atoms with Crippen molar-refractivity contribution in [3.8, 4) is 68.3 Å². The van der Waals surface area contributed by atoms with E-state index in [4.69, 9.17) is 8.83 Å². The third-order valence-corrected chi connectivity index (χ3v) is 6.50. The average Bonchev–Trinajstić information content (AvgIpc) is 2.91. The van der Waals surface area contributed by atoms with E-state index < -0.39 is 33.9 Å². The molecule has 0 amide bonds. The molecule has 0 aliphatic carbocycles. The summed E-state index contributed by atoms with van der Waals surface area (Å²) in [5, 5.41) is 62.1. The summed E-state index contributed by atoms with van der Waals surface area (Å²) in [6, 6.07) is 15.3. The van der Waals surface area contributed by atoms with Crippen LogP contribution in [0.2, 0.25) is 0 Å². The third kappa shape index (κ3) is 3.82. The average molecular weight is 538 g/mol. The van der Waals surface area contributed by atoms with Crippen molar-refractivity contribution in [2.24, 2.45) is 0 Å². The van der Waals surface area contributed by atoms with Gasteiger partial charge in [0.2, 0.25) is 0 Å². The van der Waals surface area contributed by atoms with E-state index >= 15 is 0 Å². The molecule has 0 atom stereocenters. The van der Waals surface area contributed by atoms with E-state index in [-0.39, 0.29) is 61.6 Å². The number of phenolic OH excluding ortho intramolecular Hbond substituents is 6. The lowest BCUT2D eigenvalue weighted by Gasteiger charge is -2.16. The summed E-state index contributed by atoms with van der Waals surface area (Å²) in [6.07, 6.45) is 0. The number of phenols is 6. The largest absolute Gasteiger partial charge is 0.508 e. The Kier molecular flexibility index (Phi) is 5.40. The molecule has 0 fully saturated rings. The predicted molar refractivity (Wildman–Crippen MR) is 145 cm³/mol. The molecule has 4 aromatic carbocycles. The van der Waals surface area contributed by atoms with Crippen LogP contribution in [0, 0.1) is 0 Å². The lowest BCUT2D eigenvalue weighted by molar-refractivity contribution is 0.404. The summed E-state index contributed by atoms with van der Waals surface area (Å²) in [4.78, 5) is 26.0. The SMILES string of the molecule is O=c1cc(-c2ccc(O)c(O)c2-c2c(O)cc(O)c3c(=O)cc(-c4ccc(O)cc4)oc23)oc2ccc(O)cc12. The molecule has 0 bridgehead atoms. The van der Waals surface area contributed by atoms with Crippen molar-refractivity contribution in [3.05, 3.63) is 93.2 Å².